The van der Waals surface area contributed by atoms with Crippen LogP contribution >= 0.6 is 36.4 Å². The number of thioether (sulfide) groups is 1. The molecule has 0 bridgehead atoms. The Hall–Kier alpha value is -1.42. The van der Waals surface area contributed by atoms with Gasteiger partial charge in [0.05, 0.1) is 11.0 Å². The summed E-state index contributed by atoms with van der Waals surface area (Å²) in [7, 11) is 0. The Kier molecular flexibility index (Phi) is 8.28. The van der Waals surface area contributed by atoms with Gasteiger partial charge in [-0.15, -0.1) is 12.4 Å². The van der Waals surface area contributed by atoms with Crippen molar-refractivity contribution < 1.29 is 9.72 Å². The van der Waals surface area contributed by atoms with Crippen LogP contribution in [0.25, 0.3) is 0 Å². The van der Waals surface area contributed by atoms with Crippen LogP contribution in [0.4, 0.5) is 5.69 Å². The fourth-order valence-electron chi connectivity index (χ4n) is 3.18. The molecular formula is C17H23ClN4O3S2. The summed E-state index contributed by atoms with van der Waals surface area (Å²) in [5.74, 6) is 0.897. The first kappa shape index (κ1) is 21.9. The summed E-state index contributed by atoms with van der Waals surface area (Å²) in [6.45, 7) is 3.85. The molecule has 2 aliphatic heterocycles. The summed E-state index contributed by atoms with van der Waals surface area (Å²) in [5, 5.41) is 13.9. The Morgan fingerprint density at radius 3 is 2.41 bits per heavy atom. The summed E-state index contributed by atoms with van der Waals surface area (Å²) in [5.41, 5.74) is 1.10. The van der Waals surface area contributed by atoms with Gasteiger partial charge in [0.2, 0.25) is 5.91 Å². The molecule has 7 nitrogen and oxygen atoms in total. The van der Waals surface area contributed by atoms with Crippen LogP contribution in [-0.2, 0) is 10.5 Å². The number of nitrogens with zero attached hydrogens (tertiary/aromatic N) is 3. The van der Waals surface area contributed by atoms with Crippen molar-refractivity contribution in [1.29, 1.82) is 0 Å². The zero-order chi connectivity index (χ0) is 18.5. The van der Waals surface area contributed by atoms with Crippen LogP contribution < -0.4 is 5.32 Å². The predicted octanol–water partition coefficient (Wildman–Crippen LogP) is 2.43. The second-order valence-corrected chi connectivity index (χ2v) is 8.05. The highest BCUT2D eigenvalue weighted by Gasteiger charge is 2.29. The molecule has 148 valence electrons. The molecule has 3 rings (SSSR count). The third-order valence-electron chi connectivity index (χ3n) is 4.72. The number of nitro groups is 1. The Morgan fingerprint density at radius 1 is 1.22 bits per heavy atom. The molecule has 0 radical (unpaired) electrons. The molecule has 0 aromatic heterocycles. The molecule has 0 aliphatic carbocycles. The number of non-ortho nitro benzene ring substituents is 1. The molecular weight excluding hydrogens is 408 g/mol. The Labute approximate surface area is 174 Å². The van der Waals surface area contributed by atoms with E-state index in [0.717, 1.165) is 42.4 Å². The average Bonchev–Trinajstić information content (AvgIpc) is 3.20. The molecule has 1 unspecified atom stereocenters. The van der Waals surface area contributed by atoms with Crippen molar-refractivity contribution in [3.63, 3.8) is 0 Å². The van der Waals surface area contributed by atoms with E-state index in [1.165, 1.54) is 12.1 Å². The molecule has 1 aromatic rings. The van der Waals surface area contributed by atoms with E-state index in [-0.39, 0.29) is 30.0 Å². The monoisotopic (exact) mass is 430 g/mol. The topological polar surface area (TPSA) is 78.7 Å². The number of halogens is 1. The number of nitrogens with one attached hydrogen (secondary N) is 1. The van der Waals surface area contributed by atoms with Crippen molar-refractivity contribution in [2.75, 3.05) is 32.7 Å². The van der Waals surface area contributed by atoms with Gasteiger partial charge in [0.15, 0.2) is 0 Å². The number of amides is 1. The quantitative estimate of drug-likeness (QED) is 0.446. The van der Waals surface area contributed by atoms with Gasteiger partial charge in [-0.25, -0.2) is 0 Å². The van der Waals surface area contributed by atoms with Crippen LogP contribution in [0, 0.1) is 10.1 Å². The molecule has 2 heterocycles. The van der Waals surface area contributed by atoms with E-state index in [9.17, 15) is 14.9 Å². The van der Waals surface area contributed by atoms with E-state index in [4.69, 9.17) is 12.2 Å². The first-order valence-electron chi connectivity index (χ1n) is 8.72. The first-order valence-corrected chi connectivity index (χ1v) is 10.1. The smallest absolute Gasteiger partial charge is 0.269 e. The normalized spacial score (nSPS) is 19.5. The minimum Gasteiger partial charge on any atom is -0.354 e. The maximum atomic E-state index is 12.4. The minimum absolute atomic E-state index is 0. The van der Waals surface area contributed by atoms with Crippen molar-refractivity contribution in [2.45, 2.75) is 24.6 Å². The lowest BCUT2D eigenvalue weighted by Gasteiger charge is -2.37. The third-order valence-corrected chi connectivity index (χ3v) is 6.31. The summed E-state index contributed by atoms with van der Waals surface area (Å²) in [4.78, 5) is 26.8. The molecule has 0 spiro atoms. The first-order chi connectivity index (χ1) is 12.5. The van der Waals surface area contributed by atoms with Crippen molar-refractivity contribution >= 4 is 52.3 Å². The molecule has 27 heavy (non-hydrogen) atoms. The van der Waals surface area contributed by atoms with Crippen LogP contribution in [0.5, 0.6) is 0 Å². The summed E-state index contributed by atoms with van der Waals surface area (Å²) >= 11 is 7.07. The molecule has 1 atom stereocenters. The summed E-state index contributed by atoms with van der Waals surface area (Å²) in [6.07, 6.45) is 2.00. The summed E-state index contributed by atoms with van der Waals surface area (Å²) in [6, 6.07) is 6.54. The number of rotatable bonds is 4. The van der Waals surface area contributed by atoms with Crippen molar-refractivity contribution in [1.82, 2.24) is 15.1 Å². The number of nitro benzene ring substituents is 1. The van der Waals surface area contributed by atoms with Gasteiger partial charge in [-0.3, -0.25) is 14.9 Å². The highest BCUT2D eigenvalue weighted by Crippen LogP contribution is 2.20. The van der Waals surface area contributed by atoms with Crippen molar-refractivity contribution in [2.24, 2.45) is 0 Å². The number of hydrogen-bond acceptors (Lipinski definition) is 6. The van der Waals surface area contributed by atoms with Gasteiger partial charge < -0.3 is 15.1 Å². The second-order valence-electron chi connectivity index (χ2n) is 6.44. The molecule has 0 saturated carbocycles. The van der Waals surface area contributed by atoms with E-state index in [1.54, 1.807) is 23.9 Å². The lowest BCUT2D eigenvalue weighted by molar-refractivity contribution is -0.384. The Balaban J connectivity index is 0.00000261. The van der Waals surface area contributed by atoms with E-state index >= 15 is 0 Å². The highest BCUT2D eigenvalue weighted by molar-refractivity contribution is 8.22. The minimum atomic E-state index is -0.399. The molecule has 1 N–H and O–H groups in total. The largest absolute Gasteiger partial charge is 0.354 e. The standard InChI is InChI=1S/C17H22N4O3S2.ClH/c22-16(15-2-1-7-18-15)19-8-10-20(11-9-19)17(25)26-12-13-3-5-14(6-4-13)21(23)24;/h3-6,15,18H,1-2,7-12H2;1H. The number of hydrogen-bond donors (Lipinski definition) is 1. The zero-order valence-corrected chi connectivity index (χ0v) is 17.3. The van der Waals surface area contributed by atoms with E-state index in [1.807, 2.05) is 4.90 Å². The average molecular weight is 431 g/mol. The van der Waals surface area contributed by atoms with E-state index < -0.39 is 4.92 Å². The number of carbonyl (C=O) groups excluding carboxylic acids is 1. The predicted molar refractivity (Wildman–Crippen MR) is 113 cm³/mol. The molecule has 1 amide bonds. The van der Waals surface area contributed by atoms with Crippen LogP contribution in [0.15, 0.2) is 24.3 Å². The maximum Gasteiger partial charge on any atom is 0.269 e. The molecule has 2 saturated heterocycles. The number of piperazine rings is 1. The highest BCUT2D eigenvalue weighted by atomic mass is 35.5. The molecule has 2 aliphatic rings. The number of carbonyl (C=O) groups is 1. The fraction of sp³-hybridized carbons (Fsp3) is 0.529. The number of benzene rings is 1. The fourth-order valence-corrected chi connectivity index (χ4v) is 4.38. The molecule has 2 fully saturated rings. The van der Waals surface area contributed by atoms with Gasteiger partial charge in [0, 0.05) is 44.1 Å². The second kappa shape index (κ2) is 10.2. The SMILES string of the molecule is Cl.O=C(C1CCCN1)N1CCN(C(=S)SCc2ccc([N+](=O)[O-])cc2)CC1. The van der Waals surface area contributed by atoms with Gasteiger partial charge in [0.1, 0.15) is 4.32 Å². The third kappa shape index (κ3) is 5.78. The van der Waals surface area contributed by atoms with Crippen molar-refractivity contribution in [3.05, 3.63) is 39.9 Å². The van der Waals surface area contributed by atoms with Crippen LogP contribution in [-0.4, -0.2) is 63.7 Å². The van der Waals surface area contributed by atoms with Crippen molar-refractivity contribution in [3.8, 4) is 0 Å². The van der Waals surface area contributed by atoms with Gasteiger partial charge in [-0.05, 0) is 24.9 Å². The lowest BCUT2D eigenvalue weighted by Crippen LogP contribution is -2.53. The Bertz CT molecular complexity index is 675. The van der Waals surface area contributed by atoms with Gasteiger partial charge >= 0.3 is 0 Å². The van der Waals surface area contributed by atoms with Crippen LogP contribution in [0.3, 0.4) is 0 Å². The zero-order valence-electron chi connectivity index (χ0n) is 14.8. The van der Waals surface area contributed by atoms with E-state index in [2.05, 4.69) is 10.2 Å². The maximum absolute atomic E-state index is 12.4. The molecule has 1 aromatic carbocycles. The van der Waals surface area contributed by atoms with Crippen LogP contribution in [0.2, 0.25) is 0 Å². The van der Waals surface area contributed by atoms with Gasteiger partial charge in [-0.2, -0.15) is 0 Å². The number of thiocarbonyl (C=S) groups is 1. The van der Waals surface area contributed by atoms with E-state index in [0.29, 0.717) is 18.8 Å². The lowest BCUT2D eigenvalue weighted by atomic mass is 10.2. The Morgan fingerprint density at radius 2 is 1.85 bits per heavy atom. The van der Waals surface area contributed by atoms with Gasteiger partial charge in [-0.1, -0.05) is 36.1 Å². The molecule has 10 heteroatoms. The summed E-state index contributed by atoms with van der Waals surface area (Å²) < 4.78 is 0.814. The van der Waals surface area contributed by atoms with Gasteiger partial charge in [0.25, 0.3) is 5.69 Å². The van der Waals surface area contributed by atoms with Crippen LogP contribution in [0.1, 0.15) is 18.4 Å².